The normalized spacial score (nSPS) is 19.7. The molecule has 2 aromatic carbocycles. The molecule has 2 aliphatic rings. The van der Waals surface area contributed by atoms with Crippen molar-refractivity contribution in [3.8, 4) is 22.8 Å². The van der Waals surface area contributed by atoms with Crippen molar-refractivity contribution in [2.24, 2.45) is 7.05 Å². The lowest BCUT2D eigenvalue weighted by atomic mass is 9.91. The minimum Gasteiger partial charge on any atom is -0.438 e. The molecule has 258 valence electrons. The number of aromatic nitrogens is 3. The molecule has 10 nitrogen and oxygen atoms in total. The van der Waals surface area contributed by atoms with Crippen LogP contribution in [-0.4, -0.2) is 75.8 Å². The molecule has 0 unspecified atom stereocenters. The van der Waals surface area contributed by atoms with Crippen LogP contribution >= 0.6 is 0 Å². The number of benzene rings is 2. The van der Waals surface area contributed by atoms with Gasteiger partial charge in [-0.2, -0.15) is 5.10 Å². The molecule has 49 heavy (non-hydrogen) atoms. The molecular weight excluding hydrogens is 621 g/mol. The quantitative estimate of drug-likeness (QED) is 0.196. The molecule has 4 aromatic rings. The summed E-state index contributed by atoms with van der Waals surface area (Å²) in [4.78, 5) is 32.7. The lowest BCUT2D eigenvalue weighted by Crippen LogP contribution is -2.49. The minimum absolute atomic E-state index is 0.00749. The molecule has 1 saturated carbocycles. The highest BCUT2D eigenvalue weighted by atomic mass is 19.1. The average molecular weight is 668 g/mol. The Kier molecular flexibility index (Phi) is 11.0. The molecule has 1 atom stereocenters. The molecule has 2 amide bonds. The molecule has 0 radical (unpaired) electrons. The highest BCUT2D eigenvalue weighted by molar-refractivity contribution is 5.96. The van der Waals surface area contributed by atoms with Gasteiger partial charge in [0, 0.05) is 50.5 Å². The maximum atomic E-state index is 14.3. The van der Waals surface area contributed by atoms with Crippen LogP contribution in [0.15, 0.2) is 66.9 Å². The number of carbonyl (C=O) groups excluding carboxylic acids is 2. The summed E-state index contributed by atoms with van der Waals surface area (Å²) in [6, 6.07) is 19.5. The zero-order valence-corrected chi connectivity index (χ0v) is 28.5. The molecule has 11 heteroatoms. The van der Waals surface area contributed by atoms with Crippen LogP contribution in [0.4, 0.5) is 4.39 Å². The van der Waals surface area contributed by atoms with Crippen LogP contribution in [0, 0.1) is 12.7 Å². The number of hydrogen-bond acceptors (Lipinski definition) is 7. The molecule has 0 bridgehead atoms. The number of aryl methyl sites for hydroxylation is 3. The molecule has 2 aromatic heterocycles. The van der Waals surface area contributed by atoms with Gasteiger partial charge in [0.15, 0.2) is 0 Å². The van der Waals surface area contributed by atoms with E-state index in [2.05, 4.69) is 62.1 Å². The lowest BCUT2D eigenvalue weighted by Gasteiger charge is -2.31. The van der Waals surface area contributed by atoms with Gasteiger partial charge in [-0.05, 0) is 99.9 Å². The van der Waals surface area contributed by atoms with E-state index in [4.69, 9.17) is 4.74 Å². The number of nitrogens with one attached hydrogen (secondary N) is 3. The Bertz CT molecular complexity index is 1750. The van der Waals surface area contributed by atoms with E-state index >= 15 is 0 Å². The highest BCUT2D eigenvalue weighted by Gasteiger charge is 2.26. The van der Waals surface area contributed by atoms with Gasteiger partial charge >= 0.3 is 0 Å². The van der Waals surface area contributed by atoms with E-state index in [0.29, 0.717) is 43.2 Å². The third-order valence-corrected chi connectivity index (χ3v) is 9.51. The average Bonchev–Trinajstić information content (AvgIpc) is 3.44. The zero-order valence-electron chi connectivity index (χ0n) is 28.5. The summed E-state index contributed by atoms with van der Waals surface area (Å²) in [5, 5.41) is 13.8. The zero-order chi connectivity index (χ0) is 34.3. The van der Waals surface area contributed by atoms with Crippen LogP contribution in [0.3, 0.4) is 0 Å². The first-order valence-corrected chi connectivity index (χ1v) is 17.3. The Morgan fingerprint density at radius 2 is 1.69 bits per heavy atom. The van der Waals surface area contributed by atoms with E-state index < -0.39 is 11.7 Å². The predicted octanol–water partition coefficient (Wildman–Crippen LogP) is 5.42. The summed E-state index contributed by atoms with van der Waals surface area (Å²) in [6.07, 6.45) is 5.91. The Balaban J connectivity index is 1.05. The number of ether oxygens (including phenoxy) is 1. The van der Waals surface area contributed by atoms with Gasteiger partial charge in [-0.1, -0.05) is 36.4 Å². The Labute approximate surface area is 287 Å². The van der Waals surface area contributed by atoms with Gasteiger partial charge in [0.2, 0.25) is 5.88 Å². The topological polar surface area (TPSA) is 113 Å². The van der Waals surface area contributed by atoms with E-state index in [0.717, 1.165) is 68.1 Å². The van der Waals surface area contributed by atoms with Crippen molar-refractivity contribution in [1.82, 2.24) is 35.6 Å². The molecule has 1 aliphatic heterocycles. The first-order chi connectivity index (χ1) is 23.7. The largest absolute Gasteiger partial charge is 0.438 e. The van der Waals surface area contributed by atoms with Gasteiger partial charge in [-0.15, -0.1) is 0 Å². The molecular formula is C38H46FN7O3. The second kappa shape index (κ2) is 15.7. The van der Waals surface area contributed by atoms with Gasteiger partial charge in [0.1, 0.15) is 22.8 Å². The molecule has 0 spiro atoms. The fraction of sp³-hybridized carbons (Fsp3) is 0.421. The molecule has 3 heterocycles. The third-order valence-electron chi connectivity index (χ3n) is 9.51. The van der Waals surface area contributed by atoms with Crippen LogP contribution < -0.4 is 20.7 Å². The fourth-order valence-corrected chi connectivity index (χ4v) is 6.73. The summed E-state index contributed by atoms with van der Waals surface area (Å²) in [6.45, 7) is 8.46. The molecule has 1 saturated heterocycles. The van der Waals surface area contributed by atoms with Gasteiger partial charge in [0.25, 0.3) is 11.8 Å². The standard InChI is InChI=1S/C38H46FN7O3/c1-25-24-46(18-16-40-25)17-6-8-27-7-4-9-28(20-27)29-10-5-11-33(21-29)49-38-34(22-30(39)23-41-38)36(47)42-31-12-14-32(15-13-31)43-37(48)35-19-26(2)45(3)44-35/h4-5,7,9-11,19-23,25,31-32,40H,6,8,12-18,24H2,1-3H3,(H,42,47)(H,43,48)/t25-,31?,32?/m0/s1. The van der Waals surface area contributed by atoms with Gasteiger partial charge in [0.05, 0.1) is 6.20 Å². The lowest BCUT2D eigenvalue weighted by molar-refractivity contribution is 0.0887. The van der Waals surface area contributed by atoms with Crippen LogP contribution in [-0.2, 0) is 13.5 Å². The van der Waals surface area contributed by atoms with Gasteiger partial charge in [-0.25, -0.2) is 9.37 Å². The van der Waals surface area contributed by atoms with Crippen LogP contribution in [0.25, 0.3) is 11.1 Å². The van der Waals surface area contributed by atoms with E-state index in [1.165, 1.54) is 5.56 Å². The third kappa shape index (κ3) is 9.10. The van der Waals surface area contributed by atoms with Gasteiger partial charge in [-0.3, -0.25) is 14.3 Å². The molecule has 6 rings (SSSR count). The number of pyridine rings is 1. The SMILES string of the molecule is Cc1cc(C(=O)NC2CCC(NC(=O)c3cc(F)cnc3Oc3cccc(-c4cccc(CCCN5CCN[C@@H](C)C5)c4)c3)CC2)nn1C. The van der Waals surface area contributed by atoms with E-state index in [9.17, 15) is 14.0 Å². The Hall–Kier alpha value is -4.61. The van der Waals surface area contributed by atoms with Crippen molar-refractivity contribution in [3.05, 3.63) is 95.2 Å². The van der Waals surface area contributed by atoms with Crippen LogP contribution in [0.1, 0.15) is 71.1 Å². The Morgan fingerprint density at radius 3 is 2.41 bits per heavy atom. The monoisotopic (exact) mass is 667 g/mol. The maximum Gasteiger partial charge on any atom is 0.272 e. The number of amides is 2. The van der Waals surface area contributed by atoms with Crippen molar-refractivity contribution in [1.29, 1.82) is 0 Å². The highest BCUT2D eigenvalue weighted by Crippen LogP contribution is 2.30. The second-order valence-corrected chi connectivity index (χ2v) is 13.4. The summed E-state index contributed by atoms with van der Waals surface area (Å²) in [7, 11) is 1.80. The molecule has 1 aliphatic carbocycles. The first kappa shape index (κ1) is 34.3. The number of nitrogens with zero attached hydrogens (tertiary/aromatic N) is 4. The number of piperazine rings is 1. The number of halogens is 1. The van der Waals surface area contributed by atoms with Crippen molar-refractivity contribution in [2.75, 3.05) is 26.2 Å². The minimum atomic E-state index is -0.620. The van der Waals surface area contributed by atoms with E-state index in [-0.39, 0.29) is 29.4 Å². The van der Waals surface area contributed by atoms with Gasteiger partial charge < -0.3 is 25.6 Å². The second-order valence-electron chi connectivity index (χ2n) is 13.4. The van der Waals surface area contributed by atoms with E-state index in [1.54, 1.807) is 23.9 Å². The first-order valence-electron chi connectivity index (χ1n) is 17.3. The number of carbonyl (C=O) groups is 2. The maximum absolute atomic E-state index is 14.3. The molecule has 2 fully saturated rings. The smallest absolute Gasteiger partial charge is 0.272 e. The van der Waals surface area contributed by atoms with Crippen molar-refractivity contribution < 1.29 is 18.7 Å². The van der Waals surface area contributed by atoms with Crippen molar-refractivity contribution in [3.63, 3.8) is 0 Å². The predicted molar refractivity (Wildman–Crippen MR) is 187 cm³/mol. The number of rotatable bonds is 11. The van der Waals surface area contributed by atoms with Crippen molar-refractivity contribution in [2.45, 2.75) is 70.5 Å². The fourth-order valence-electron chi connectivity index (χ4n) is 6.73. The van der Waals surface area contributed by atoms with Crippen molar-refractivity contribution >= 4 is 11.8 Å². The number of hydrogen-bond donors (Lipinski definition) is 3. The van der Waals surface area contributed by atoms with E-state index in [1.807, 2.05) is 25.1 Å². The van der Waals surface area contributed by atoms with Crippen LogP contribution in [0.2, 0.25) is 0 Å². The van der Waals surface area contributed by atoms with Crippen LogP contribution in [0.5, 0.6) is 11.6 Å². The summed E-state index contributed by atoms with van der Waals surface area (Å²) in [5.74, 6) is -0.721. The summed E-state index contributed by atoms with van der Waals surface area (Å²) >= 11 is 0. The summed E-state index contributed by atoms with van der Waals surface area (Å²) in [5.41, 5.74) is 4.67. The molecule has 3 N–H and O–H groups in total. The Morgan fingerprint density at radius 1 is 0.980 bits per heavy atom. The summed E-state index contributed by atoms with van der Waals surface area (Å²) < 4.78 is 22.1.